The Labute approximate surface area is 198 Å². The molecule has 1 amide bonds. The summed E-state index contributed by atoms with van der Waals surface area (Å²) < 4.78 is -0.139. The number of nitrogens with zero attached hydrogens (tertiary/aromatic N) is 4. The van der Waals surface area contributed by atoms with E-state index in [9.17, 15) is 4.79 Å². The third-order valence-corrected chi connectivity index (χ3v) is 5.95. The van der Waals surface area contributed by atoms with Crippen LogP contribution in [0.3, 0.4) is 0 Å². The molecule has 5 rings (SSSR count). The van der Waals surface area contributed by atoms with Crippen LogP contribution in [0.5, 0.6) is 0 Å². The van der Waals surface area contributed by atoms with Gasteiger partial charge in [-0.3, -0.25) is 4.79 Å². The summed E-state index contributed by atoms with van der Waals surface area (Å²) in [5, 5.41) is 3.37. The number of aromatic nitrogens is 2. The lowest BCUT2D eigenvalue weighted by Crippen LogP contribution is -2.56. The van der Waals surface area contributed by atoms with Crippen LogP contribution in [-0.4, -0.2) is 22.2 Å². The van der Waals surface area contributed by atoms with E-state index in [1.807, 2.05) is 73.7 Å². The molecule has 1 aliphatic rings. The van der Waals surface area contributed by atoms with Crippen LogP contribution < -0.4 is 15.3 Å². The molecule has 0 aliphatic carbocycles. The highest BCUT2D eigenvalue weighted by molar-refractivity contribution is 6.02. The van der Waals surface area contributed by atoms with Crippen LogP contribution in [0.25, 0.3) is 0 Å². The molecular weight excluding hydrogens is 424 g/mol. The van der Waals surface area contributed by atoms with Gasteiger partial charge in [-0.2, -0.15) is 15.4 Å². The molecule has 34 heavy (non-hydrogen) atoms. The van der Waals surface area contributed by atoms with Crippen molar-refractivity contribution in [2.45, 2.75) is 19.9 Å². The zero-order valence-electron chi connectivity index (χ0n) is 19.0. The molecule has 0 radical (unpaired) electrons. The fraction of sp³-hybridized carbons (Fsp3) is 0.111. The predicted octanol–water partition coefficient (Wildman–Crippen LogP) is 5.62. The number of anilines is 1. The molecule has 1 aliphatic heterocycles. The minimum absolute atomic E-state index is 0.00555. The van der Waals surface area contributed by atoms with Crippen molar-refractivity contribution in [1.82, 2.24) is 20.0 Å². The van der Waals surface area contributed by atoms with E-state index in [0.29, 0.717) is 17.3 Å². The maximum absolute atomic E-state index is 13.4. The zero-order chi connectivity index (χ0) is 23.5. The van der Waals surface area contributed by atoms with Crippen LogP contribution in [-0.2, 0) is 0 Å². The van der Waals surface area contributed by atoms with Crippen LogP contribution in [0.2, 0.25) is 0 Å². The maximum atomic E-state index is 13.4. The van der Waals surface area contributed by atoms with Gasteiger partial charge in [0, 0.05) is 23.9 Å². The van der Waals surface area contributed by atoms with Crippen molar-refractivity contribution in [3.05, 3.63) is 108 Å². The molecule has 0 bridgehead atoms. The predicted molar refractivity (Wildman–Crippen MR) is 135 cm³/mol. The molecule has 7 nitrogen and oxygen atoms in total. The van der Waals surface area contributed by atoms with Crippen LogP contribution in [0.1, 0.15) is 34.5 Å². The number of aryl methyl sites for hydroxylation is 1. The molecule has 2 N–H and O–H groups in total. The minimum atomic E-state index is -0.216. The summed E-state index contributed by atoms with van der Waals surface area (Å²) in [6, 6.07) is 27.1. The van der Waals surface area contributed by atoms with Crippen LogP contribution in [0.15, 0.2) is 96.1 Å². The van der Waals surface area contributed by atoms with E-state index in [1.54, 1.807) is 18.6 Å². The van der Waals surface area contributed by atoms with E-state index in [0.717, 1.165) is 22.5 Å². The number of amides is 1. The fourth-order valence-electron chi connectivity index (χ4n) is 4.09. The number of carbonyl (C=O) groups is 1. The number of hydrogen-bond donors (Lipinski definition) is 2. The molecule has 2 unspecified atom stereocenters. The van der Waals surface area contributed by atoms with Gasteiger partial charge in [-0.25, -0.2) is 4.98 Å². The Morgan fingerprint density at radius 3 is 2.47 bits per heavy atom. The van der Waals surface area contributed by atoms with E-state index < -0.39 is 0 Å². The van der Waals surface area contributed by atoms with E-state index >= 15 is 0 Å². The quantitative estimate of drug-likeness (QED) is 0.375. The molecular formula is C27H25N6O+. The standard InChI is InChI=1S/C27H24N6O/c1-19-10-6-7-13-22(19)26(34)32-33(18-29-23-14-8-9-15-24(23)33)25-16-17-28-27(31-25)30-20(2)21-11-4-3-5-12-21/h3-18,20H,1-2H3,(H-,28,30,31,32,34)/p+1. The number of carbonyl (C=O) groups excluding carboxylic acids is 1. The molecule has 168 valence electrons. The molecule has 0 saturated carbocycles. The van der Waals surface area contributed by atoms with Crippen LogP contribution >= 0.6 is 0 Å². The van der Waals surface area contributed by atoms with Crippen molar-refractivity contribution in [3.8, 4) is 0 Å². The molecule has 2 heterocycles. The first kappa shape index (κ1) is 21.5. The van der Waals surface area contributed by atoms with Crippen molar-refractivity contribution in [2.24, 2.45) is 4.99 Å². The summed E-state index contributed by atoms with van der Waals surface area (Å²) in [7, 11) is 0. The Kier molecular flexibility index (Phi) is 5.61. The SMILES string of the molecule is Cc1ccccc1C(=O)N[N+]1(c2ccnc(NC(C)c3ccccc3)n2)C=Nc2ccccc21. The third-order valence-electron chi connectivity index (χ3n) is 5.95. The number of para-hydroxylation sites is 2. The lowest BCUT2D eigenvalue weighted by atomic mass is 10.1. The Balaban J connectivity index is 1.54. The van der Waals surface area contributed by atoms with Gasteiger partial charge >= 0.3 is 0 Å². The fourth-order valence-corrected chi connectivity index (χ4v) is 4.09. The number of fused-ring (bicyclic) bond motifs is 1. The topological polar surface area (TPSA) is 79.3 Å². The van der Waals surface area contributed by atoms with E-state index in [-0.39, 0.29) is 16.5 Å². The van der Waals surface area contributed by atoms with Gasteiger partial charge in [0.2, 0.25) is 12.3 Å². The monoisotopic (exact) mass is 449 g/mol. The van der Waals surface area contributed by atoms with Crippen LogP contribution in [0, 0.1) is 6.92 Å². The molecule has 4 aromatic rings. The zero-order valence-corrected chi connectivity index (χ0v) is 19.0. The number of quaternary nitrogens is 1. The van der Waals surface area contributed by atoms with Crippen molar-refractivity contribution in [2.75, 3.05) is 5.32 Å². The number of nitrogens with one attached hydrogen (secondary N) is 2. The first-order valence-corrected chi connectivity index (χ1v) is 11.1. The summed E-state index contributed by atoms with van der Waals surface area (Å²) in [4.78, 5) is 27.2. The molecule has 0 fully saturated rings. The lowest BCUT2D eigenvalue weighted by Gasteiger charge is -2.28. The van der Waals surface area contributed by atoms with Gasteiger partial charge in [0.25, 0.3) is 11.7 Å². The molecule has 2 atom stereocenters. The van der Waals surface area contributed by atoms with Crippen molar-refractivity contribution < 1.29 is 4.79 Å². The average Bonchev–Trinajstić information content (AvgIpc) is 3.24. The molecule has 3 aromatic carbocycles. The lowest BCUT2D eigenvalue weighted by molar-refractivity contribution is 0.0904. The first-order chi connectivity index (χ1) is 16.6. The van der Waals surface area contributed by atoms with Gasteiger partial charge in [0.05, 0.1) is 6.04 Å². The smallest absolute Gasteiger partial charge is 0.297 e. The Morgan fingerprint density at radius 1 is 0.912 bits per heavy atom. The largest absolute Gasteiger partial charge is 0.348 e. The summed E-state index contributed by atoms with van der Waals surface area (Å²) in [5.74, 6) is 0.828. The highest BCUT2D eigenvalue weighted by atomic mass is 16.2. The molecule has 0 saturated heterocycles. The Morgan fingerprint density at radius 2 is 1.65 bits per heavy atom. The normalized spacial score (nSPS) is 17.1. The van der Waals surface area contributed by atoms with E-state index in [2.05, 4.69) is 39.8 Å². The summed E-state index contributed by atoms with van der Waals surface area (Å²) >= 11 is 0. The van der Waals surface area contributed by atoms with Gasteiger partial charge in [0.15, 0.2) is 5.69 Å². The average molecular weight is 450 g/mol. The first-order valence-electron chi connectivity index (χ1n) is 11.1. The maximum Gasteiger partial charge on any atom is 0.297 e. The highest BCUT2D eigenvalue weighted by Gasteiger charge is 2.43. The number of aliphatic imine (C=N–C) groups is 1. The van der Waals surface area contributed by atoms with E-state index in [4.69, 9.17) is 4.98 Å². The van der Waals surface area contributed by atoms with Gasteiger partial charge in [0.1, 0.15) is 5.69 Å². The van der Waals surface area contributed by atoms with Crippen molar-refractivity contribution >= 4 is 35.4 Å². The third kappa shape index (κ3) is 3.93. The summed E-state index contributed by atoms with van der Waals surface area (Å²) in [6.45, 7) is 3.98. The van der Waals surface area contributed by atoms with Gasteiger partial charge in [-0.05, 0) is 37.1 Å². The Hall–Kier alpha value is -4.36. The second kappa shape index (κ2) is 8.88. The summed E-state index contributed by atoms with van der Waals surface area (Å²) in [6.07, 6.45) is 3.39. The van der Waals surface area contributed by atoms with Crippen LogP contribution in [0.4, 0.5) is 23.1 Å². The van der Waals surface area contributed by atoms with Gasteiger partial charge in [-0.15, -0.1) is 0 Å². The molecule has 0 spiro atoms. The molecule has 7 heteroatoms. The highest BCUT2D eigenvalue weighted by Crippen LogP contribution is 2.42. The minimum Gasteiger partial charge on any atom is -0.348 e. The van der Waals surface area contributed by atoms with Gasteiger partial charge in [-0.1, -0.05) is 65.3 Å². The molecule has 1 aromatic heterocycles. The second-order valence-electron chi connectivity index (χ2n) is 8.23. The number of benzene rings is 3. The number of hydrogen-bond acceptors (Lipinski definition) is 5. The summed E-state index contributed by atoms with van der Waals surface area (Å²) in [5.41, 5.74) is 7.37. The van der Waals surface area contributed by atoms with Gasteiger partial charge < -0.3 is 5.32 Å². The van der Waals surface area contributed by atoms with Crippen molar-refractivity contribution in [1.29, 1.82) is 0 Å². The van der Waals surface area contributed by atoms with Crippen molar-refractivity contribution in [3.63, 3.8) is 0 Å². The number of rotatable bonds is 6. The second-order valence-corrected chi connectivity index (χ2v) is 8.23. The van der Waals surface area contributed by atoms with E-state index in [1.165, 1.54) is 0 Å². The Bertz CT molecular complexity index is 1370.